The number of nitrogens with one attached hydrogen (secondary N) is 1. The third-order valence-electron chi connectivity index (χ3n) is 4.48. The quantitative estimate of drug-likeness (QED) is 0.670. The van der Waals surface area contributed by atoms with Crippen LogP contribution in [0.25, 0.3) is 10.9 Å². The third-order valence-corrected chi connectivity index (χ3v) is 5.84. The van der Waals surface area contributed by atoms with Crippen LogP contribution in [0.15, 0.2) is 50.9 Å². The minimum Gasteiger partial charge on any atom is -0.478 e. The fourth-order valence-corrected chi connectivity index (χ4v) is 3.96. The summed E-state index contributed by atoms with van der Waals surface area (Å²) in [5, 5.41) is 9.17. The van der Waals surface area contributed by atoms with Crippen LogP contribution in [-0.2, 0) is 24.1 Å². The van der Waals surface area contributed by atoms with Crippen molar-refractivity contribution in [2.75, 3.05) is 4.72 Å². The Morgan fingerprint density at radius 3 is 2.36 bits per heavy atom. The van der Waals surface area contributed by atoms with Crippen LogP contribution in [0.5, 0.6) is 0 Å². The molecular formula is C18H17N3O6S. The summed E-state index contributed by atoms with van der Waals surface area (Å²) >= 11 is 0. The molecule has 0 aliphatic carbocycles. The monoisotopic (exact) mass is 403 g/mol. The van der Waals surface area contributed by atoms with Gasteiger partial charge < -0.3 is 5.11 Å². The summed E-state index contributed by atoms with van der Waals surface area (Å²) in [5.74, 6) is -1.18. The van der Waals surface area contributed by atoms with Crippen LogP contribution < -0.4 is 16.0 Å². The zero-order chi connectivity index (χ0) is 20.8. The van der Waals surface area contributed by atoms with Crippen LogP contribution in [0.3, 0.4) is 0 Å². The number of aromatic nitrogens is 2. The van der Waals surface area contributed by atoms with Gasteiger partial charge in [0.15, 0.2) is 0 Å². The molecule has 0 spiro atoms. The van der Waals surface area contributed by atoms with E-state index < -0.39 is 27.2 Å². The standard InChI is InChI=1S/C18H17N3O6S/c1-10-4-5-11(17(23)24)8-14(10)19-28(26,27)12-6-7-15-13(9-12)16(22)21(3)18(25)20(15)2/h4-9,19H,1-3H3,(H,23,24). The molecule has 0 bridgehead atoms. The number of carboxylic acids is 1. The molecule has 146 valence electrons. The van der Waals surface area contributed by atoms with Crippen LogP contribution in [0.4, 0.5) is 5.69 Å². The van der Waals surface area contributed by atoms with Gasteiger partial charge in [0, 0.05) is 14.1 Å². The molecule has 0 saturated heterocycles. The molecule has 2 aromatic carbocycles. The number of carboxylic acid groups (broad SMARTS) is 1. The highest BCUT2D eigenvalue weighted by Crippen LogP contribution is 2.23. The summed E-state index contributed by atoms with van der Waals surface area (Å²) in [6.07, 6.45) is 0. The van der Waals surface area contributed by atoms with Crippen molar-refractivity contribution in [3.05, 3.63) is 68.4 Å². The van der Waals surface area contributed by atoms with Gasteiger partial charge >= 0.3 is 11.7 Å². The first-order chi connectivity index (χ1) is 13.0. The molecule has 0 unspecified atom stereocenters. The molecule has 28 heavy (non-hydrogen) atoms. The van der Waals surface area contributed by atoms with Gasteiger partial charge in [-0.1, -0.05) is 6.07 Å². The number of aryl methyl sites for hydroxylation is 2. The van der Waals surface area contributed by atoms with Crippen LogP contribution in [0.1, 0.15) is 15.9 Å². The maximum atomic E-state index is 12.8. The highest BCUT2D eigenvalue weighted by molar-refractivity contribution is 7.92. The Labute approximate surface area is 159 Å². The summed E-state index contributed by atoms with van der Waals surface area (Å²) < 4.78 is 30.1. The summed E-state index contributed by atoms with van der Waals surface area (Å²) in [6.45, 7) is 1.63. The molecule has 0 aliphatic heterocycles. The molecular weight excluding hydrogens is 386 g/mol. The molecule has 3 rings (SSSR count). The number of anilines is 1. The first-order valence-corrected chi connectivity index (χ1v) is 9.58. The maximum Gasteiger partial charge on any atom is 0.335 e. The Bertz CT molecular complexity index is 1350. The SMILES string of the molecule is Cc1ccc(C(=O)O)cc1NS(=O)(=O)c1ccc2c(c1)c(=O)n(C)c(=O)n2C. The zero-order valence-electron chi connectivity index (χ0n) is 15.3. The Kier molecular flexibility index (Phi) is 4.59. The van der Waals surface area contributed by atoms with Gasteiger partial charge in [0.25, 0.3) is 15.6 Å². The fourth-order valence-electron chi connectivity index (χ4n) is 2.81. The lowest BCUT2D eigenvalue weighted by Crippen LogP contribution is -2.37. The van der Waals surface area contributed by atoms with Gasteiger partial charge in [0.1, 0.15) is 0 Å². The fraction of sp³-hybridized carbons (Fsp3) is 0.167. The summed E-state index contributed by atoms with van der Waals surface area (Å²) in [7, 11) is -1.31. The van der Waals surface area contributed by atoms with Crippen LogP contribution in [-0.4, -0.2) is 28.6 Å². The van der Waals surface area contributed by atoms with Crippen molar-refractivity contribution < 1.29 is 18.3 Å². The number of hydrogen-bond donors (Lipinski definition) is 2. The molecule has 0 fully saturated rings. The van der Waals surface area contributed by atoms with Crippen LogP contribution in [0, 0.1) is 6.92 Å². The number of aromatic carboxylic acids is 1. The number of nitrogens with zero attached hydrogens (tertiary/aromatic N) is 2. The van der Waals surface area contributed by atoms with E-state index >= 15 is 0 Å². The molecule has 3 aromatic rings. The van der Waals surface area contributed by atoms with Gasteiger partial charge in [-0.3, -0.25) is 18.7 Å². The molecule has 10 heteroatoms. The highest BCUT2D eigenvalue weighted by atomic mass is 32.2. The number of sulfonamides is 1. The Hall–Kier alpha value is -3.40. The van der Waals surface area contributed by atoms with Gasteiger partial charge in [-0.15, -0.1) is 0 Å². The second kappa shape index (κ2) is 6.64. The molecule has 0 radical (unpaired) electrons. The number of carbonyl (C=O) groups is 1. The Balaban J connectivity index is 2.14. The van der Waals surface area contributed by atoms with E-state index in [2.05, 4.69) is 4.72 Å². The number of hydrogen-bond acceptors (Lipinski definition) is 5. The van der Waals surface area contributed by atoms with Crippen molar-refractivity contribution in [1.29, 1.82) is 0 Å². The molecule has 0 saturated carbocycles. The first kappa shape index (κ1) is 19.4. The van der Waals surface area contributed by atoms with Gasteiger partial charge in [0.2, 0.25) is 0 Å². The Morgan fingerprint density at radius 2 is 1.71 bits per heavy atom. The molecule has 1 aromatic heterocycles. The summed E-state index contributed by atoms with van der Waals surface area (Å²) in [4.78, 5) is 35.3. The van der Waals surface area contributed by atoms with Crippen molar-refractivity contribution in [1.82, 2.24) is 9.13 Å². The lowest BCUT2D eigenvalue weighted by atomic mass is 10.1. The van der Waals surface area contributed by atoms with Crippen molar-refractivity contribution in [3.8, 4) is 0 Å². The Morgan fingerprint density at radius 1 is 1.04 bits per heavy atom. The van der Waals surface area contributed by atoms with Gasteiger partial charge in [-0.25, -0.2) is 18.0 Å². The minimum atomic E-state index is -4.10. The predicted octanol–water partition coefficient (Wildman–Crippen LogP) is 1.04. The first-order valence-electron chi connectivity index (χ1n) is 8.09. The lowest BCUT2D eigenvalue weighted by molar-refractivity contribution is 0.0697. The number of rotatable bonds is 4. The summed E-state index contributed by atoms with van der Waals surface area (Å²) in [5.41, 5.74) is -0.241. The molecule has 0 aliphatic rings. The molecule has 2 N–H and O–H groups in total. The second-order valence-corrected chi connectivity index (χ2v) is 8.01. The smallest absolute Gasteiger partial charge is 0.335 e. The molecule has 9 nitrogen and oxygen atoms in total. The topological polar surface area (TPSA) is 127 Å². The number of fused-ring (bicyclic) bond motifs is 1. The van der Waals surface area contributed by atoms with E-state index in [-0.39, 0.29) is 21.5 Å². The van der Waals surface area contributed by atoms with Crippen LogP contribution in [0.2, 0.25) is 0 Å². The number of benzene rings is 2. The second-order valence-electron chi connectivity index (χ2n) is 6.33. The zero-order valence-corrected chi connectivity index (χ0v) is 16.1. The van der Waals surface area contributed by atoms with E-state index in [1.54, 1.807) is 6.92 Å². The largest absolute Gasteiger partial charge is 0.478 e. The van der Waals surface area contributed by atoms with Crippen molar-refractivity contribution >= 4 is 32.6 Å². The van der Waals surface area contributed by atoms with E-state index in [1.165, 1.54) is 55.1 Å². The minimum absolute atomic E-state index is 0.0642. The molecule has 1 heterocycles. The third kappa shape index (κ3) is 3.18. The molecule has 0 amide bonds. The lowest BCUT2D eigenvalue weighted by Gasteiger charge is -2.13. The van der Waals surface area contributed by atoms with Crippen molar-refractivity contribution in [3.63, 3.8) is 0 Å². The molecule has 0 atom stereocenters. The average Bonchev–Trinajstić information content (AvgIpc) is 2.65. The van der Waals surface area contributed by atoms with Crippen LogP contribution >= 0.6 is 0 Å². The van der Waals surface area contributed by atoms with E-state index in [0.717, 1.165) is 4.57 Å². The normalized spacial score (nSPS) is 11.5. The maximum absolute atomic E-state index is 12.8. The van der Waals surface area contributed by atoms with Gasteiger partial charge in [-0.2, -0.15) is 0 Å². The van der Waals surface area contributed by atoms with Gasteiger partial charge in [0.05, 0.1) is 27.0 Å². The van der Waals surface area contributed by atoms with Gasteiger partial charge in [-0.05, 0) is 42.8 Å². The van der Waals surface area contributed by atoms with Crippen molar-refractivity contribution in [2.24, 2.45) is 14.1 Å². The predicted molar refractivity (Wildman–Crippen MR) is 103 cm³/mol. The van der Waals surface area contributed by atoms with E-state index in [9.17, 15) is 22.8 Å². The van der Waals surface area contributed by atoms with Crippen molar-refractivity contribution in [2.45, 2.75) is 11.8 Å². The highest BCUT2D eigenvalue weighted by Gasteiger charge is 2.19. The van der Waals surface area contributed by atoms with E-state index in [1.807, 2.05) is 0 Å². The van der Waals surface area contributed by atoms with E-state index in [0.29, 0.717) is 11.1 Å². The summed E-state index contributed by atoms with van der Waals surface area (Å²) in [6, 6.07) is 7.94. The average molecular weight is 403 g/mol. The van der Waals surface area contributed by atoms with E-state index in [4.69, 9.17) is 5.11 Å².